The van der Waals surface area contributed by atoms with Crippen molar-refractivity contribution in [2.24, 2.45) is 11.3 Å². The van der Waals surface area contributed by atoms with E-state index in [2.05, 4.69) is 55.9 Å². The Labute approximate surface area is 131 Å². The molecule has 2 atom stereocenters. The molecule has 0 saturated carbocycles. The van der Waals surface area contributed by atoms with Gasteiger partial charge in [0.1, 0.15) is 5.82 Å². The molecule has 1 aromatic carbocycles. The third-order valence-corrected chi connectivity index (χ3v) is 4.00. The number of halogens is 2. The van der Waals surface area contributed by atoms with Gasteiger partial charge in [0, 0.05) is 6.04 Å². The van der Waals surface area contributed by atoms with Crippen molar-refractivity contribution in [1.82, 2.24) is 5.32 Å². The highest BCUT2D eigenvalue weighted by Crippen LogP contribution is 2.31. The molecule has 0 aliphatic heterocycles. The lowest BCUT2D eigenvalue weighted by Gasteiger charge is -2.27. The summed E-state index contributed by atoms with van der Waals surface area (Å²) >= 11 is 3.28. The Balaban J connectivity index is 2.80. The quantitative estimate of drug-likeness (QED) is 0.698. The van der Waals surface area contributed by atoms with Crippen molar-refractivity contribution in [3.05, 3.63) is 34.1 Å². The van der Waals surface area contributed by atoms with Crippen molar-refractivity contribution in [2.75, 3.05) is 6.54 Å². The second-order valence-electron chi connectivity index (χ2n) is 6.89. The molecular formula is C17H27BrFN. The molecule has 0 spiro atoms. The van der Waals surface area contributed by atoms with Crippen LogP contribution in [0.15, 0.2) is 22.7 Å². The van der Waals surface area contributed by atoms with Crippen molar-refractivity contribution in [3.8, 4) is 0 Å². The second kappa shape index (κ2) is 7.56. The average molecular weight is 344 g/mol. The molecule has 0 bridgehead atoms. The molecule has 20 heavy (non-hydrogen) atoms. The molecule has 0 aliphatic rings. The largest absolute Gasteiger partial charge is 0.310 e. The Morgan fingerprint density at radius 1 is 1.30 bits per heavy atom. The van der Waals surface area contributed by atoms with E-state index in [0.29, 0.717) is 15.8 Å². The second-order valence-corrected chi connectivity index (χ2v) is 7.74. The van der Waals surface area contributed by atoms with Crippen LogP contribution in [-0.2, 0) is 0 Å². The lowest BCUT2D eigenvalue weighted by atomic mass is 9.82. The van der Waals surface area contributed by atoms with Crippen LogP contribution in [-0.4, -0.2) is 6.54 Å². The number of hydrogen-bond acceptors (Lipinski definition) is 1. The van der Waals surface area contributed by atoms with E-state index >= 15 is 0 Å². The molecule has 3 heteroatoms. The fourth-order valence-electron chi connectivity index (χ4n) is 2.84. The van der Waals surface area contributed by atoms with Crippen molar-refractivity contribution < 1.29 is 4.39 Å². The smallest absolute Gasteiger partial charge is 0.137 e. The van der Waals surface area contributed by atoms with E-state index in [-0.39, 0.29) is 11.9 Å². The third-order valence-electron chi connectivity index (χ3n) is 3.40. The number of benzene rings is 1. The minimum atomic E-state index is -0.202. The Hall–Kier alpha value is -0.410. The first-order valence-electron chi connectivity index (χ1n) is 7.41. The average Bonchev–Trinajstić information content (AvgIpc) is 2.30. The van der Waals surface area contributed by atoms with Gasteiger partial charge in [-0.1, -0.05) is 40.7 Å². The van der Waals surface area contributed by atoms with Gasteiger partial charge in [0.2, 0.25) is 0 Å². The van der Waals surface area contributed by atoms with Crippen LogP contribution in [0.5, 0.6) is 0 Å². The Morgan fingerprint density at radius 2 is 1.95 bits per heavy atom. The van der Waals surface area contributed by atoms with Gasteiger partial charge in [-0.2, -0.15) is 0 Å². The van der Waals surface area contributed by atoms with Crippen LogP contribution in [0.3, 0.4) is 0 Å². The molecule has 0 heterocycles. The normalized spacial score (nSPS) is 15.2. The topological polar surface area (TPSA) is 12.0 Å². The molecule has 114 valence electrons. The predicted molar refractivity (Wildman–Crippen MR) is 88.4 cm³/mol. The molecule has 0 amide bonds. The lowest BCUT2D eigenvalue weighted by Crippen LogP contribution is -2.24. The van der Waals surface area contributed by atoms with E-state index in [1.165, 1.54) is 12.5 Å². The molecule has 1 N–H and O–H groups in total. The lowest BCUT2D eigenvalue weighted by molar-refractivity contribution is 0.276. The van der Waals surface area contributed by atoms with Gasteiger partial charge in [-0.05, 0) is 64.3 Å². The summed E-state index contributed by atoms with van der Waals surface area (Å²) in [4.78, 5) is 0. The van der Waals surface area contributed by atoms with Gasteiger partial charge < -0.3 is 5.32 Å². The highest BCUT2D eigenvalue weighted by Gasteiger charge is 2.20. The maximum atomic E-state index is 13.4. The summed E-state index contributed by atoms with van der Waals surface area (Å²) in [6.07, 6.45) is 2.26. The van der Waals surface area contributed by atoms with Crippen molar-refractivity contribution >= 4 is 15.9 Å². The maximum Gasteiger partial charge on any atom is 0.137 e. The Kier molecular flexibility index (Phi) is 6.67. The molecule has 1 rings (SSSR count). The fourth-order valence-corrected chi connectivity index (χ4v) is 3.24. The first-order chi connectivity index (χ1) is 9.23. The highest BCUT2D eigenvalue weighted by molar-refractivity contribution is 9.10. The third kappa shape index (κ3) is 5.92. The van der Waals surface area contributed by atoms with Gasteiger partial charge >= 0.3 is 0 Å². The first-order valence-corrected chi connectivity index (χ1v) is 8.20. The van der Waals surface area contributed by atoms with Crippen LogP contribution in [0.25, 0.3) is 0 Å². The number of hydrogen-bond donors (Lipinski definition) is 1. The minimum absolute atomic E-state index is 0.202. The van der Waals surface area contributed by atoms with Gasteiger partial charge in [-0.15, -0.1) is 0 Å². The zero-order chi connectivity index (χ0) is 15.3. The zero-order valence-electron chi connectivity index (χ0n) is 13.3. The van der Waals surface area contributed by atoms with Gasteiger partial charge in [-0.3, -0.25) is 0 Å². The van der Waals surface area contributed by atoms with E-state index in [4.69, 9.17) is 0 Å². The van der Waals surface area contributed by atoms with Crippen molar-refractivity contribution in [3.63, 3.8) is 0 Å². The molecule has 0 aromatic heterocycles. The summed E-state index contributed by atoms with van der Waals surface area (Å²) in [5.41, 5.74) is 1.50. The molecule has 0 saturated heterocycles. The highest BCUT2D eigenvalue weighted by atomic mass is 79.9. The van der Waals surface area contributed by atoms with Gasteiger partial charge in [0.05, 0.1) is 4.47 Å². The van der Waals surface area contributed by atoms with Crippen LogP contribution in [0.4, 0.5) is 4.39 Å². The zero-order valence-corrected chi connectivity index (χ0v) is 14.8. The molecule has 0 fully saturated rings. The first kappa shape index (κ1) is 17.6. The van der Waals surface area contributed by atoms with E-state index in [1.807, 2.05) is 12.1 Å². The van der Waals surface area contributed by atoms with Gasteiger partial charge in [-0.25, -0.2) is 4.39 Å². The predicted octanol–water partition coefficient (Wildman–Crippen LogP) is 5.70. The number of rotatable bonds is 6. The fraction of sp³-hybridized carbons (Fsp3) is 0.647. The Morgan fingerprint density at radius 3 is 2.45 bits per heavy atom. The molecule has 1 aromatic rings. The van der Waals surface area contributed by atoms with Gasteiger partial charge in [0.15, 0.2) is 0 Å². The summed E-state index contributed by atoms with van der Waals surface area (Å²) < 4.78 is 13.9. The number of nitrogens with one attached hydrogen (secondary N) is 1. The summed E-state index contributed by atoms with van der Waals surface area (Å²) in [5.74, 6) is 0.426. The van der Waals surface area contributed by atoms with Crippen LogP contribution in [0, 0.1) is 17.2 Å². The summed E-state index contributed by atoms with van der Waals surface area (Å²) in [6, 6.07) is 5.61. The molecule has 1 nitrogen and oxygen atoms in total. The van der Waals surface area contributed by atoms with Crippen molar-refractivity contribution in [1.29, 1.82) is 0 Å². The molecule has 2 unspecified atom stereocenters. The molecule has 0 radical (unpaired) electrons. The van der Waals surface area contributed by atoms with Crippen LogP contribution >= 0.6 is 15.9 Å². The summed E-state index contributed by atoms with van der Waals surface area (Å²) in [5, 5.41) is 3.52. The van der Waals surface area contributed by atoms with Crippen LogP contribution < -0.4 is 5.32 Å². The van der Waals surface area contributed by atoms with E-state index in [9.17, 15) is 4.39 Å². The SMILES string of the molecule is CCNC(CC(C)CC(C)(C)C)c1ccc(F)c(Br)c1. The molecular weight excluding hydrogens is 317 g/mol. The molecule has 0 aliphatic carbocycles. The minimum Gasteiger partial charge on any atom is -0.310 e. The van der Waals surface area contributed by atoms with Gasteiger partial charge in [0.25, 0.3) is 0 Å². The van der Waals surface area contributed by atoms with E-state index in [0.717, 1.165) is 18.5 Å². The monoisotopic (exact) mass is 343 g/mol. The van der Waals surface area contributed by atoms with Crippen LogP contribution in [0.2, 0.25) is 0 Å². The summed E-state index contributed by atoms with van der Waals surface area (Å²) in [6.45, 7) is 12.2. The van der Waals surface area contributed by atoms with E-state index in [1.54, 1.807) is 0 Å². The standard InChI is InChI=1S/C17H27BrFN/c1-6-20-16(9-12(2)11-17(3,4)5)13-7-8-15(19)14(18)10-13/h7-8,10,12,16,20H,6,9,11H2,1-5H3. The maximum absolute atomic E-state index is 13.4. The van der Waals surface area contributed by atoms with E-state index < -0.39 is 0 Å². The summed E-state index contributed by atoms with van der Waals surface area (Å²) in [7, 11) is 0. The Bertz CT molecular complexity index is 425. The van der Waals surface area contributed by atoms with Crippen molar-refractivity contribution in [2.45, 2.75) is 53.5 Å². The van der Waals surface area contributed by atoms with Crippen LogP contribution in [0.1, 0.15) is 59.1 Å².